The SMILES string of the molecule is CCCC(CNC(=O)c1ccc2c(c1)C(=O)N(C)C2=O)C(=O)O. The zero-order valence-corrected chi connectivity index (χ0v) is 13.0. The summed E-state index contributed by atoms with van der Waals surface area (Å²) in [5.41, 5.74) is 0.678. The first-order valence-corrected chi connectivity index (χ1v) is 7.34. The molecule has 7 nitrogen and oxygen atoms in total. The Balaban J connectivity index is 2.11. The second-order valence-corrected chi connectivity index (χ2v) is 5.46. The summed E-state index contributed by atoms with van der Waals surface area (Å²) in [5, 5.41) is 11.6. The first-order chi connectivity index (χ1) is 10.9. The minimum atomic E-state index is -0.955. The van der Waals surface area contributed by atoms with E-state index in [2.05, 4.69) is 5.32 Å². The number of fused-ring (bicyclic) bond motifs is 1. The lowest BCUT2D eigenvalue weighted by molar-refractivity contribution is -0.141. The van der Waals surface area contributed by atoms with Crippen LogP contribution in [0.25, 0.3) is 0 Å². The second kappa shape index (κ2) is 6.60. The van der Waals surface area contributed by atoms with Crippen molar-refractivity contribution in [3.63, 3.8) is 0 Å². The molecule has 0 spiro atoms. The number of aliphatic carboxylic acids is 1. The number of carbonyl (C=O) groups is 4. The van der Waals surface area contributed by atoms with Crippen molar-refractivity contribution < 1.29 is 24.3 Å². The highest BCUT2D eigenvalue weighted by Crippen LogP contribution is 2.22. The number of nitrogens with one attached hydrogen (secondary N) is 1. The van der Waals surface area contributed by atoms with Crippen molar-refractivity contribution in [1.82, 2.24) is 10.2 Å². The molecule has 0 aromatic heterocycles. The number of carbonyl (C=O) groups excluding carboxylic acids is 3. The maximum atomic E-state index is 12.1. The van der Waals surface area contributed by atoms with Gasteiger partial charge in [0.15, 0.2) is 0 Å². The number of nitrogens with zero attached hydrogens (tertiary/aromatic N) is 1. The van der Waals surface area contributed by atoms with Gasteiger partial charge in [-0.2, -0.15) is 0 Å². The Hall–Kier alpha value is -2.70. The molecule has 1 aromatic carbocycles. The van der Waals surface area contributed by atoms with Crippen LogP contribution in [0.4, 0.5) is 0 Å². The topological polar surface area (TPSA) is 104 Å². The Morgan fingerprint density at radius 2 is 1.87 bits per heavy atom. The average Bonchev–Trinajstić information content (AvgIpc) is 2.75. The lowest BCUT2D eigenvalue weighted by Crippen LogP contribution is -2.33. The predicted octanol–water partition coefficient (Wildman–Crippen LogP) is 1.14. The summed E-state index contributed by atoms with van der Waals surface area (Å²) < 4.78 is 0. The molecular formula is C16H18N2O5. The molecule has 0 saturated carbocycles. The van der Waals surface area contributed by atoms with Gasteiger partial charge in [0.2, 0.25) is 0 Å². The van der Waals surface area contributed by atoms with Gasteiger partial charge < -0.3 is 10.4 Å². The largest absolute Gasteiger partial charge is 0.481 e. The van der Waals surface area contributed by atoms with E-state index in [1.54, 1.807) is 0 Å². The van der Waals surface area contributed by atoms with Gasteiger partial charge in [0, 0.05) is 19.2 Å². The summed E-state index contributed by atoms with van der Waals surface area (Å²) in [6.07, 6.45) is 1.17. The molecule has 1 unspecified atom stereocenters. The summed E-state index contributed by atoms with van der Waals surface area (Å²) in [6.45, 7) is 1.89. The van der Waals surface area contributed by atoms with Gasteiger partial charge in [-0.3, -0.25) is 24.1 Å². The van der Waals surface area contributed by atoms with Gasteiger partial charge in [-0.05, 0) is 24.6 Å². The van der Waals surface area contributed by atoms with Crippen molar-refractivity contribution in [2.45, 2.75) is 19.8 Å². The molecule has 1 aliphatic heterocycles. The number of imide groups is 1. The van der Waals surface area contributed by atoms with Gasteiger partial charge in [0.25, 0.3) is 17.7 Å². The lowest BCUT2D eigenvalue weighted by Gasteiger charge is -2.12. The molecule has 1 atom stereocenters. The van der Waals surface area contributed by atoms with E-state index >= 15 is 0 Å². The molecule has 0 radical (unpaired) electrons. The van der Waals surface area contributed by atoms with Crippen LogP contribution in [0.2, 0.25) is 0 Å². The molecular weight excluding hydrogens is 300 g/mol. The monoisotopic (exact) mass is 318 g/mol. The van der Waals surface area contributed by atoms with Crippen LogP contribution in [0, 0.1) is 5.92 Å². The lowest BCUT2D eigenvalue weighted by atomic mass is 10.0. The zero-order chi connectivity index (χ0) is 17.1. The Bertz CT molecular complexity index is 683. The third-order valence-corrected chi connectivity index (χ3v) is 3.85. The van der Waals surface area contributed by atoms with Crippen molar-refractivity contribution >= 4 is 23.7 Å². The Kier molecular flexibility index (Phi) is 4.78. The fourth-order valence-electron chi connectivity index (χ4n) is 2.48. The van der Waals surface area contributed by atoms with Crippen molar-refractivity contribution in [2.24, 2.45) is 5.92 Å². The molecule has 7 heteroatoms. The van der Waals surface area contributed by atoms with Crippen molar-refractivity contribution in [1.29, 1.82) is 0 Å². The van der Waals surface area contributed by atoms with Crippen LogP contribution in [0.15, 0.2) is 18.2 Å². The van der Waals surface area contributed by atoms with Gasteiger partial charge >= 0.3 is 5.97 Å². The summed E-state index contributed by atoms with van der Waals surface area (Å²) >= 11 is 0. The smallest absolute Gasteiger partial charge is 0.308 e. The number of hydrogen-bond donors (Lipinski definition) is 2. The van der Waals surface area contributed by atoms with Crippen molar-refractivity contribution in [2.75, 3.05) is 13.6 Å². The molecule has 0 bridgehead atoms. The molecule has 1 heterocycles. The number of benzene rings is 1. The highest BCUT2D eigenvalue weighted by atomic mass is 16.4. The van der Waals surface area contributed by atoms with Gasteiger partial charge in [0.1, 0.15) is 0 Å². The van der Waals surface area contributed by atoms with Crippen LogP contribution in [-0.2, 0) is 4.79 Å². The van der Waals surface area contributed by atoms with Crippen LogP contribution in [-0.4, -0.2) is 47.3 Å². The van der Waals surface area contributed by atoms with E-state index in [1.807, 2.05) is 6.92 Å². The number of carboxylic acid groups (broad SMARTS) is 1. The van der Waals surface area contributed by atoms with Gasteiger partial charge in [-0.15, -0.1) is 0 Å². The standard InChI is InChI=1S/C16H18N2O5/c1-3-4-10(16(22)23)8-17-13(19)9-5-6-11-12(7-9)15(21)18(2)14(11)20/h5-7,10H,3-4,8H2,1-2H3,(H,17,19)(H,22,23). The number of carboxylic acids is 1. The summed E-state index contributed by atoms with van der Waals surface area (Å²) in [7, 11) is 1.38. The molecule has 1 aliphatic rings. The first-order valence-electron chi connectivity index (χ1n) is 7.34. The van der Waals surface area contributed by atoms with Crippen LogP contribution in [0.1, 0.15) is 50.8 Å². The van der Waals surface area contributed by atoms with Gasteiger partial charge in [-0.1, -0.05) is 13.3 Å². The van der Waals surface area contributed by atoms with Gasteiger partial charge in [0.05, 0.1) is 17.0 Å². The van der Waals surface area contributed by atoms with E-state index in [9.17, 15) is 19.2 Å². The van der Waals surface area contributed by atoms with E-state index in [-0.39, 0.29) is 23.2 Å². The summed E-state index contributed by atoms with van der Waals surface area (Å²) in [6, 6.07) is 4.26. The minimum absolute atomic E-state index is 0.0197. The molecule has 122 valence electrons. The molecule has 0 saturated heterocycles. The van der Waals surface area contributed by atoms with E-state index < -0.39 is 29.6 Å². The Labute approximate surface area is 133 Å². The maximum absolute atomic E-state index is 12.1. The molecule has 2 N–H and O–H groups in total. The number of rotatable bonds is 6. The van der Waals surface area contributed by atoms with E-state index in [0.717, 1.165) is 4.90 Å². The van der Waals surface area contributed by atoms with Crippen molar-refractivity contribution in [3.8, 4) is 0 Å². The molecule has 0 aliphatic carbocycles. The average molecular weight is 318 g/mol. The number of hydrogen-bond acceptors (Lipinski definition) is 4. The van der Waals surface area contributed by atoms with E-state index in [1.165, 1.54) is 25.2 Å². The quantitative estimate of drug-likeness (QED) is 0.766. The van der Waals surface area contributed by atoms with Crippen molar-refractivity contribution in [3.05, 3.63) is 34.9 Å². The Morgan fingerprint density at radius 3 is 2.48 bits per heavy atom. The van der Waals surface area contributed by atoms with Crippen LogP contribution in [0.5, 0.6) is 0 Å². The second-order valence-electron chi connectivity index (χ2n) is 5.46. The fraction of sp³-hybridized carbons (Fsp3) is 0.375. The Morgan fingerprint density at radius 1 is 1.22 bits per heavy atom. The van der Waals surface area contributed by atoms with Crippen LogP contribution in [0.3, 0.4) is 0 Å². The fourth-order valence-corrected chi connectivity index (χ4v) is 2.48. The minimum Gasteiger partial charge on any atom is -0.481 e. The summed E-state index contributed by atoms with van der Waals surface area (Å²) in [5.74, 6) is -2.92. The van der Waals surface area contributed by atoms with Crippen LogP contribution >= 0.6 is 0 Å². The molecule has 1 aromatic rings. The molecule has 23 heavy (non-hydrogen) atoms. The van der Waals surface area contributed by atoms with E-state index in [0.29, 0.717) is 12.8 Å². The van der Waals surface area contributed by atoms with Crippen LogP contribution < -0.4 is 5.32 Å². The van der Waals surface area contributed by atoms with E-state index in [4.69, 9.17) is 5.11 Å². The third-order valence-electron chi connectivity index (χ3n) is 3.85. The highest BCUT2D eigenvalue weighted by Gasteiger charge is 2.33. The normalized spacial score (nSPS) is 14.6. The number of amides is 3. The summed E-state index contributed by atoms with van der Waals surface area (Å²) in [4.78, 5) is 47.9. The molecule has 2 rings (SSSR count). The molecule has 0 fully saturated rings. The maximum Gasteiger partial charge on any atom is 0.308 e. The highest BCUT2D eigenvalue weighted by molar-refractivity contribution is 6.21. The van der Waals surface area contributed by atoms with Gasteiger partial charge in [-0.25, -0.2) is 0 Å². The first kappa shape index (κ1) is 16.7. The molecule has 3 amide bonds. The predicted molar refractivity (Wildman–Crippen MR) is 81.2 cm³/mol. The third kappa shape index (κ3) is 3.23. The zero-order valence-electron chi connectivity index (χ0n) is 13.0.